The monoisotopic (exact) mass is 559 g/mol. The van der Waals surface area contributed by atoms with E-state index >= 15 is 0 Å². The first-order valence-electron chi connectivity index (χ1n) is 12.4. The standard InChI is InChI=1S/C27H33N3O4S3/c1-3-5-16-29(17-6-4-2)23-14-12-21(13-15-23)20-24-26(32)30(27(35)36-24)18-19-37(33,34)28-25(31)22-10-8-7-9-11-22/h7-15,20H,3-6,16-19H2,1-2H3,(H,28,31). The van der Waals surface area contributed by atoms with E-state index in [9.17, 15) is 18.0 Å². The third kappa shape index (κ3) is 8.41. The van der Waals surface area contributed by atoms with Gasteiger partial charge in [0.25, 0.3) is 11.8 Å². The van der Waals surface area contributed by atoms with Gasteiger partial charge in [-0.1, -0.05) is 81.0 Å². The number of thiocarbonyl (C=S) groups is 1. The molecule has 1 heterocycles. The highest BCUT2D eigenvalue weighted by Gasteiger charge is 2.33. The summed E-state index contributed by atoms with van der Waals surface area (Å²) in [7, 11) is -3.95. The molecule has 0 atom stereocenters. The van der Waals surface area contributed by atoms with Crippen LogP contribution in [0.4, 0.5) is 5.69 Å². The maximum Gasteiger partial charge on any atom is 0.266 e. The molecule has 10 heteroatoms. The molecule has 0 spiro atoms. The van der Waals surface area contributed by atoms with E-state index in [1.165, 1.54) is 17.0 Å². The Labute approximate surface area is 229 Å². The molecular weight excluding hydrogens is 527 g/mol. The Kier molecular flexibility index (Phi) is 10.7. The van der Waals surface area contributed by atoms with Crippen molar-refractivity contribution in [2.45, 2.75) is 39.5 Å². The molecule has 198 valence electrons. The molecule has 0 radical (unpaired) electrons. The van der Waals surface area contributed by atoms with Crippen molar-refractivity contribution < 1.29 is 18.0 Å². The van der Waals surface area contributed by atoms with Gasteiger partial charge in [-0.25, -0.2) is 13.1 Å². The lowest BCUT2D eigenvalue weighted by Gasteiger charge is -2.24. The SMILES string of the molecule is CCCCN(CCCC)c1ccc(C=C2SC(=S)N(CCS(=O)(=O)NC(=O)c3ccccc3)C2=O)cc1. The molecule has 0 saturated carbocycles. The van der Waals surface area contributed by atoms with Gasteiger partial charge in [-0.3, -0.25) is 14.5 Å². The van der Waals surface area contributed by atoms with Gasteiger partial charge in [-0.2, -0.15) is 0 Å². The molecule has 0 aliphatic carbocycles. The summed E-state index contributed by atoms with van der Waals surface area (Å²) in [4.78, 5) is 29.3. The Morgan fingerprint density at radius 2 is 1.65 bits per heavy atom. The van der Waals surface area contributed by atoms with E-state index in [1.807, 2.05) is 16.9 Å². The van der Waals surface area contributed by atoms with Crippen molar-refractivity contribution in [3.63, 3.8) is 0 Å². The molecule has 7 nitrogen and oxygen atoms in total. The molecule has 37 heavy (non-hydrogen) atoms. The van der Waals surface area contributed by atoms with Crippen molar-refractivity contribution >= 4 is 61.9 Å². The van der Waals surface area contributed by atoms with Gasteiger partial charge in [0, 0.05) is 30.9 Å². The average molecular weight is 560 g/mol. The first-order valence-corrected chi connectivity index (χ1v) is 15.3. The molecule has 1 saturated heterocycles. The van der Waals surface area contributed by atoms with E-state index in [1.54, 1.807) is 24.3 Å². The molecule has 3 rings (SSSR count). The Hall–Kier alpha value is -2.69. The van der Waals surface area contributed by atoms with Crippen LogP contribution in [0, 0.1) is 0 Å². The van der Waals surface area contributed by atoms with E-state index in [-0.39, 0.29) is 18.0 Å². The normalized spacial score (nSPS) is 14.9. The van der Waals surface area contributed by atoms with Crippen molar-refractivity contribution in [3.8, 4) is 0 Å². The summed E-state index contributed by atoms with van der Waals surface area (Å²) in [5.41, 5.74) is 2.27. The van der Waals surface area contributed by atoms with Gasteiger partial charge < -0.3 is 4.90 Å². The van der Waals surface area contributed by atoms with Crippen molar-refractivity contribution in [3.05, 3.63) is 70.6 Å². The predicted molar refractivity (Wildman–Crippen MR) is 156 cm³/mol. The number of thioether (sulfide) groups is 1. The van der Waals surface area contributed by atoms with Crippen LogP contribution in [-0.4, -0.2) is 54.8 Å². The number of carbonyl (C=O) groups excluding carboxylic acids is 2. The van der Waals surface area contributed by atoms with Crippen molar-refractivity contribution in [1.29, 1.82) is 0 Å². The third-order valence-electron chi connectivity index (χ3n) is 5.86. The van der Waals surface area contributed by atoms with Gasteiger partial charge in [-0.05, 0) is 48.7 Å². The zero-order valence-corrected chi connectivity index (χ0v) is 23.6. The largest absolute Gasteiger partial charge is 0.372 e. The lowest BCUT2D eigenvalue weighted by atomic mass is 10.1. The van der Waals surface area contributed by atoms with Crippen LogP contribution in [0.15, 0.2) is 59.5 Å². The van der Waals surface area contributed by atoms with Crippen LogP contribution in [0.25, 0.3) is 6.08 Å². The van der Waals surface area contributed by atoms with E-state index < -0.39 is 21.7 Å². The number of anilines is 1. The highest BCUT2D eigenvalue weighted by atomic mass is 32.2. The molecule has 0 bridgehead atoms. The van der Waals surface area contributed by atoms with Crippen molar-refractivity contribution in [2.24, 2.45) is 0 Å². The average Bonchev–Trinajstić information content (AvgIpc) is 3.15. The number of sulfonamides is 1. The fourth-order valence-corrected chi connectivity index (χ4v) is 5.98. The zero-order valence-electron chi connectivity index (χ0n) is 21.2. The minimum Gasteiger partial charge on any atom is -0.372 e. The number of hydrogen-bond donors (Lipinski definition) is 1. The van der Waals surface area contributed by atoms with Crippen LogP contribution in [-0.2, 0) is 14.8 Å². The highest BCUT2D eigenvalue weighted by Crippen LogP contribution is 2.32. The number of hydrogen-bond acceptors (Lipinski definition) is 7. The minimum atomic E-state index is -3.95. The summed E-state index contributed by atoms with van der Waals surface area (Å²) >= 11 is 6.48. The lowest BCUT2D eigenvalue weighted by molar-refractivity contribution is -0.121. The summed E-state index contributed by atoms with van der Waals surface area (Å²) in [6.45, 7) is 6.27. The number of benzene rings is 2. The minimum absolute atomic E-state index is 0.137. The fourth-order valence-electron chi connectivity index (χ4n) is 3.75. The van der Waals surface area contributed by atoms with Gasteiger partial charge in [0.2, 0.25) is 10.0 Å². The lowest BCUT2D eigenvalue weighted by Crippen LogP contribution is -2.39. The predicted octanol–water partition coefficient (Wildman–Crippen LogP) is 5.05. The topological polar surface area (TPSA) is 86.8 Å². The maximum absolute atomic E-state index is 13.0. The molecule has 2 amide bonds. The molecule has 2 aromatic rings. The number of amides is 2. The van der Waals surface area contributed by atoms with Crippen LogP contribution >= 0.6 is 24.0 Å². The fraction of sp³-hybridized carbons (Fsp3) is 0.370. The second-order valence-corrected chi connectivity index (χ2v) is 12.3. The second kappa shape index (κ2) is 13.7. The van der Waals surface area contributed by atoms with Gasteiger partial charge in [0.15, 0.2) is 0 Å². The Morgan fingerprint density at radius 1 is 1.03 bits per heavy atom. The smallest absolute Gasteiger partial charge is 0.266 e. The quantitative estimate of drug-likeness (QED) is 0.271. The van der Waals surface area contributed by atoms with E-state index in [4.69, 9.17) is 12.2 Å². The van der Waals surface area contributed by atoms with E-state index in [0.29, 0.717) is 9.23 Å². The van der Waals surface area contributed by atoms with Crippen LogP contribution in [0.5, 0.6) is 0 Å². The maximum atomic E-state index is 13.0. The van der Waals surface area contributed by atoms with E-state index in [0.717, 1.165) is 61.8 Å². The molecule has 1 aliphatic rings. The Morgan fingerprint density at radius 3 is 2.24 bits per heavy atom. The molecule has 1 fully saturated rings. The molecule has 1 aliphatic heterocycles. The Bertz CT molecular complexity index is 1220. The molecule has 1 N–H and O–H groups in total. The van der Waals surface area contributed by atoms with Gasteiger partial charge >= 0.3 is 0 Å². The van der Waals surface area contributed by atoms with Crippen LogP contribution < -0.4 is 9.62 Å². The molecule has 0 unspecified atom stereocenters. The van der Waals surface area contributed by atoms with Crippen molar-refractivity contribution in [1.82, 2.24) is 9.62 Å². The summed E-state index contributed by atoms with van der Waals surface area (Å²) in [5.74, 6) is -1.49. The number of rotatable bonds is 13. The van der Waals surface area contributed by atoms with E-state index in [2.05, 4.69) is 30.9 Å². The summed E-state index contributed by atoms with van der Waals surface area (Å²) in [6, 6.07) is 16.2. The van der Waals surface area contributed by atoms with Crippen molar-refractivity contribution in [2.75, 3.05) is 30.3 Å². The number of nitrogens with one attached hydrogen (secondary N) is 1. The highest BCUT2D eigenvalue weighted by molar-refractivity contribution is 8.26. The first kappa shape index (κ1) is 28.9. The number of carbonyl (C=O) groups is 2. The first-order chi connectivity index (χ1) is 17.7. The molecular formula is C27H33N3O4S3. The molecule has 2 aromatic carbocycles. The van der Waals surface area contributed by atoms with Gasteiger partial charge in [0.05, 0.1) is 10.7 Å². The second-order valence-electron chi connectivity index (χ2n) is 8.74. The zero-order chi connectivity index (χ0) is 26.8. The van der Waals surface area contributed by atoms with Crippen LogP contribution in [0.1, 0.15) is 55.5 Å². The number of unbranched alkanes of at least 4 members (excludes halogenated alkanes) is 2. The molecule has 0 aromatic heterocycles. The summed E-state index contributed by atoms with van der Waals surface area (Å²) in [6.07, 6.45) is 6.34. The van der Waals surface area contributed by atoms with Crippen LogP contribution in [0.3, 0.4) is 0 Å². The third-order valence-corrected chi connectivity index (χ3v) is 8.45. The van der Waals surface area contributed by atoms with Crippen LogP contribution in [0.2, 0.25) is 0 Å². The number of nitrogens with zero attached hydrogens (tertiary/aromatic N) is 2. The Balaban J connectivity index is 1.62. The van der Waals surface area contributed by atoms with Gasteiger partial charge in [0.1, 0.15) is 4.32 Å². The summed E-state index contributed by atoms with van der Waals surface area (Å²) in [5, 5.41) is 0. The van der Waals surface area contributed by atoms with Gasteiger partial charge in [-0.15, -0.1) is 0 Å². The summed E-state index contributed by atoms with van der Waals surface area (Å²) < 4.78 is 27.2.